The lowest BCUT2D eigenvalue weighted by molar-refractivity contribution is -0.141. The molecule has 0 aliphatic carbocycles. The van der Waals surface area contributed by atoms with Gasteiger partial charge in [-0.05, 0) is 49.2 Å². The van der Waals surface area contributed by atoms with E-state index in [9.17, 15) is 4.79 Å². The molecule has 4 aromatic rings. The first kappa shape index (κ1) is 22.8. The summed E-state index contributed by atoms with van der Waals surface area (Å²) in [6.45, 7) is 7.23. The lowest BCUT2D eigenvalue weighted by Gasteiger charge is -2.36. The summed E-state index contributed by atoms with van der Waals surface area (Å²) in [5, 5.41) is 5.69. The first-order chi connectivity index (χ1) is 16.8. The van der Waals surface area contributed by atoms with E-state index >= 15 is 0 Å². The fourth-order valence-corrected chi connectivity index (χ4v) is 4.57. The molecule has 35 heavy (non-hydrogen) atoms. The zero-order valence-corrected chi connectivity index (χ0v) is 20.3. The highest BCUT2D eigenvalue weighted by molar-refractivity contribution is 5.98. The summed E-state index contributed by atoms with van der Waals surface area (Å²) >= 11 is 0. The predicted octanol–water partition coefficient (Wildman–Crippen LogP) is 5.08. The van der Waals surface area contributed by atoms with Crippen LogP contribution in [0.3, 0.4) is 0 Å². The Kier molecular flexibility index (Phi) is 5.88. The van der Waals surface area contributed by atoms with E-state index in [-0.39, 0.29) is 11.9 Å². The molecule has 1 aliphatic rings. The number of likely N-dealkylation sites (tertiary alicyclic amines) is 1. The summed E-state index contributed by atoms with van der Waals surface area (Å²) in [4.78, 5) is 23.7. The van der Waals surface area contributed by atoms with Gasteiger partial charge in [0, 0.05) is 24.1 Å². The molecule has 180 valence electrons. The molecule has 5 rings (SSSR count). The van der Waals surface area contributed by atoms with Crippen molar-refractivity contribution in [1.82, 2.24) is 24.6 Å². The Hall–Kier alpha value is -3.94. The summed E-state index contributed by atoms with van der Waals surface area (Å²) < 4.78 is 7.86. The molecule has 1 saturated heterocycles. The number of nitrogens with zero attached hydrogens (tertiary/aromatic N) is 5. The van der Waals surface area contributed by atoms with Gasteiger partial charge in [0.05, 0.1) is 11.4 Å². The van der Waals surface area contributed by atoms with Crippen molar-refractivity contribution in [2.24, 2.45) is 5.41 Å². The van der Waals surface area contributed by atoms with E-state index in [4.69, 9.17) is 15.6 Å². The van der Waals surface area contributed by atoms with Crippen LogP contribution in [0.15, 0.2) is 60.9 Å². The minimum absolute atomic E-state index is 0.0151. The molecule has 0 saturated carbocycles. The molecule has 2 aromatic carbocycles. The Morgan fingerprint density at radius 1 is 1.03 bits per heavy atom. The molecule has 1 atom stereocenters. The average molecular weight is 471 g/mol. The van der Waals surface area contributed by atoms with Gasteiger partial charge in [-0.1, -0.05) is 39.0 Å². The number of fused-ring (bicyclic) bond motifs is 1. The summed E-state index contributed by atoms with van der Waals surface area (Å²) in [7, 11) is 0. The quantitative estimate of drug-likeness (QED) is 0.447. The SMILES string of the molecule is CC(C)(C)C(=O)N1CCC[C@@H](n2nc(-c3ccc(Oc4ccccc4)cc3)c3c(N)ncnc32)C1. The predicted molar refractivity (Wildman–Crippen MR) is 136 cm³/mol. The first-order valence-electron chi connectivity index (χ1n) is 11.9. The molecule has 8 nitrogen and oxygen atoms in total. The van der Waals surface area contributed by atoms with Crippen molar-refractivity contribution in [2.45, 2.75) is 39.7 Å². The van der Waals surface area contributed by atoms with Gasteiger partial charge >= 0.3 is 0 Å². The molecule has 8 heteroatoms. The van der Waals surface area contributed by atoms with E-state index < -0.39 is 5.41 Å². The second-order valence-electron chi connectivity index (χ2n) is 9.99. The number of ether oxygens (including phenoxy) is 1. The topological polar surface area (TPSA) is 99.2 Å². The molecule has 2 aromatic heterocycles. The van der Waals surface area contributed by atoms with Crippen molar-refractivity contribution in [3.8, 4) is 22.8 Å². The van der Waals surface area contributed by atoms with Gasteiger partial charge in [-0.3, -0.25) is 4.79 Å². The molecule has 1 amide bonds. The lowest BCUT2D eigenvalue weighted by Crippen LogP contribution is -2.45. The highest BCUT2D eigenvalue weighted by atomic mass is 16.5. The summed E-state index contributed by atoms with van der Waals surface area (Å²) in [6.07, 6.45) is 3.30. The van der Waals surface area contributed by atoms with Crippen LogP contribution in [0.1, 0.15) is 39.7 Å². The van der Waals surface area contributed by atoms with Crippen molar-refractivity contribution in [3.63, 3.8) is 0 Å². The van der Waals surface area contributed by atoms with Gasteiger partial charge < -0.3 is 15.4 Å². The molecule has 1 fully saturated rings. The number of nitrogens with two attached hydrogens (primary N) is 1. The van der Waals surface area contributed by atoms with Crippen LogP contribution in [-0.4, -0.2) is 43.6 Å². The van der Waals surface area contributed by atoms with Gasteiger partial charge in [-0.15, -0.1) is 0 Å². The highest BCUT2D eigenvalue weighted by Crippen LogP contribution is 2.35. The van der Waals surface area contributed by atoms with E-state index in [1.54, 1.807) is 0 Å². The van der Waals surface area contributed by atoms with E-state index in [1.807, 2.05) is 85.0 Å². The molecule has 0 radical (unpaired) electrons. The number of carbonyl (C=O) groups excluding carboxylic acids is 1. The van der Waals surface area contributed by atoms with Crippen LogP contribution in [0.2, 0.25) is 0 Å². The lowest BCUT2D eigenvalue weighted by atomic mass is 9.93. The third-order valence-corrected chi connectivity index (χ3v) is 6.30. The number of hydrogen-bond acceptors (Lipinski definition) is 6. The van der Waals surface area contributed by atoms with E-state index in [1.165, 1.54) is 6.33 Å². The van der Waals surface area contributed by atoms with Gasteiger partial charge in [-0.2, -0.15) is 5.10 Å². The standard InChI is InChI=1S/C27H30N6O2/c1-27(2,3)26(34)32-15-7-8-19(16-32)33-25-22(24(28)29-17-30-25)23(31-33)18-11-13-21(14-12-18)35-20-9-5-4-6-10-20/h4-6,9-14,17,19H,7-8,15-16H2,1-3H3,(H2,28,29,30)/t19-/m1/s1. The van der Waals surface area contributed by atoms with Crippen LogP contribution in [0, 0.1) is 5.41 Å². The first-order valence-corrected chi connectivity index (χ1v) is 11.9. The fourth-order valence-electron chi connectivity index (χ4n) is 4.57. The molecule has 2 N–H and O–H groups in total. The minimum Gasteiger partial charge on any atom is -0.457 e. The van der Waals surface area contributed by atoms with Gasteiger partial charge in [0.2, 0.25) is 5.91 Å². The second kappa shape index (κ2) is 9.02. The number of carbonyl (C=O) groups is 1. The Bertz CT molecular complexity index is 1340. The van der Waals surface area contributed by atoms with Gasteiger partial charge in [0.25, 0.3) is 0 Å². The number of aromatic nitrogens is 4. The maximum atomic E-state index is 12.9. The summed E-state index contributed by atoms with van der Waals surface area (Å²) in [5.74, 6) is 2.05. The monoisotopic (exact) mass is 470 g/mol. The number of piperidine rings is 1. The molecular weight excluding hydrogens is 440 g/mol. The molecule has 0 unspecified atom stereocenters. The number of amides is 1. The Labute approximate surface area is 204 Å². The van der Waals surface area contributed by atoms with Crippen LogP contribution >= 0.6 is 0 Å². The summed E-state index contributed by atoms with van der Waals surface area (Å²) in [6, 6.07) is 17.4. The Morgan fingerprint density at radius 2 is 1.74 bits per heavy atom. The largest absolute Gasteiger partial charge is 0.457 e. The number of rotatable bonds is 4. The number of nitrogen functional groups attached to an aromatic ring is 1. The number of para-hydroxylation sites is 1. The average Bonchev–Trinajstić information content (AvgIpc) is 3.25. The number of anilines is 1. The number of benzene rings is 2. The third-order valence-electron chi connectivity index (χ3n) is 6.30. The normalized spacial score (nSPS) is 16.4. The van der Waals surface area contributed by atoms with Crippen molar-refractivity contribution in [2.75, 3.05) is 18.8 Å². The molecule has 0 spiro atoms. The Balaban J connectivity index is 1.48. The zero-order chi connectivity index (χ0) is 24.6. The third kappa shape index (κ3) is 4.56. The van der Waals surface area contributed by atoms with E-state index in [2.05, 4.69) is 9.97 Å². The maximum absolute atomic E-state index is 12.9. The van der Waals surface area contributed by atoms with Crippen molar-refractivity contribution >= 4 is 22.8 Å². The molecule has 3 heterocycles. The van der Waals surface area contributed by atoms with Gasteiger partial charge in [0.1, 0.15) is 29.3 Å². The van der Waals surface area contributed by atoms with E-state index in [0.717, 1.165) is 47.5 Å². The minimum atomic E-state index is -0.421. The van der Waals surface area contributed by atoms with Crippen LogP contribution in [0.25, 0.3) is 22.3 Å². The van der Waals surface area contributed by atoms with Crippen molar-refractivity contribution in [3.05, 3.63) is 60.9 Å². The smallest absolute Gasteiger partial charge is 0.228 e. The van der Waals surface area contributed by atoms with Gasteiger partial charge in [0.15, 0.2) is 5.65 Å². The van der Waals surface area contributed by atoms with Crippen LogP contribution < -0.4 is 10.5 Å². The molecule has 1 aliphatic heterocycles. The number of hydrogen-bond donors (Lipinski definition) is 1. The fraction of sp³-hybridized carbons (Fsp3) is 0.333. The zero-order valence-electron chi connectivity index (χ0n) is 20.3. The highest BCUT2D eigenvalue weighted by Gasteiger charge is 2.33. The van der Waals surface area contributed by atoms with Crippen LogP contribution in [-0.2, 0) is 4.79 Å². The Morgan fingerprint density at radius 3 is 2.46 bits per heavy atom. The summed E-state index contributed by atoms with van der Waals surface area (Å²) in [5.41, 5.74) is 8.20. The van der Waals surface area contributed by atoms with Crippen LogP contribution in [0.4, 0.5) is 5.82 Å². The van der Waals surface area contributed by atoms with Crippen molar-refractivity contribution < 1.29 is 9.53 Å². The van der Waals surface area contributed by atoms with Crippen LogP contribution in [0.5, 0.6) is 11.5 Å². The molecule has 0 bridgehead atoms. The van der Waals surface area contributed by atoms with E-state index in [0.29, 0.717) is 18.0 Å². The second-order valence-corrected chi connectivity index (χ2v) is 9.99. The van der Waals surface area contributed by atoms with Crippen molar-refractivity contribution in [1.29, 1.82) is 0 Å². The van der Waals surface area contributed by atoms with Gasteiger partial charge in [-0.25, -0.2) is 14.6 Å². The maximum Gasteiger partial charge on any atom is 0.228 e. The molecular formula is C27H30N6O2.